The van der Waals surface area contributed by atoms with E-state index < -0.39 is 0 Å². The van der Waals surface area contributed by atoms with Crippen LogP contribution >= 0.6 is 56.8 Å². The Balaban J connectivity index is 2.19. The molecule has 0 unspecified atom stereocenters. The Morgan fingerprint density at radius 1 is 1.16 bits per heavy atom. The maximum atomic E-state index is 11.1. The molecule has 0 aliphatic rings. The predicted octanol–water partition coefficient (Wildman–Crippen LogP) is 4.94. The van der Waals surface area contributed by atoms with E-state index in [1.54, 1.807) is 0 Å². The number of halogens is 3. The average Bonchev–Trinajstić information content (AvgIpc) is 2.39. The number of hydrogen-bond acceptors (Lipinski definition) is 2. The smallest absolute Gasteiger partial charge is 0.153 e. The third-order valence-electron chi connectivity index (χ3n) is 2.46. The lowest BCUT2D eigenvalue weighted by Gasteiger charge is -2.11. The van der Waals surface area contributed by atoms with Crippen molar-refractivity contribution in [2.75, 3.05) is 0 Å². The number of ether oxygens (including phenoxy) is 1. The van der Waals surface area contributed by atoms with E-state index >= 15 is 0 Å². The van der Waals surface area contributed by atoms with Crippen LogP contribution in [0.5, 0.6) is 5.75 Å². The lowest BCUT2D eigenvalue weighted by atomic mass is 10.2. The van der Waals surface area contributed by atoms with E-state index in [2.05, 4.69) is 45.2 Å². The summed E-state index contributed by atoms with van der Waals surface area (Å²) in [6.07, 6.45) is 0.821. The van der Waals surface area contributed by atoms with Gasteiger partial charge in [0.1, 0.15) is 12.4 Å². The molecular formula is C14H9ClI2O2. The highest BCUT2D eigenvalue weighted by Crippen LogP contribution is 2.28. The van der Waals surface area contributed by atoms with Crippen LogP contribution in [-0.4, -0.2) is 6.29 Å². The largest absolute Gasteiger partial charge is 0.487 e. The summed E-state index contributed by atoms with van der Waals surface area (Å²) in [4.78, 5) is 11.1. The number of benzene rings is 2. The third-order valence-corrected chi connectivity index (χ3v) is 4.14. The monoisotopic (exact) mass is 498 g/mol. The van der Waals surface area contributed by atoms with Crippen LogP contribution in [0.2, 0.25) is 5.02 Å². The fourth-order valence-corrected chi connectivity index (χ4v) is 3.73. The molecule has 2 aromatic rings. The highest BCUT2D eigenvalue weighted by Gasteiger charge is 2.09. The molecule has 0 fully saturated rings. The predicted molar refractivity (Wildman–Crippen MR) is 93.0 cm³/mol. The van der Waals surface area contributed by atoms with Gasteiger partial charge in [-0.2, -0.15) is 0 Å². The van der Waals surface area contributed by atoms with Crippen LogP contribution < -0.4 is 4.74 Å². The van der Waals surface area contributed by atoms with Gasteiger partial charge in [0.15, 0.2) is 6.29 Å². The molecule has 0 bridgehead atoms. The highest BCUT2D eigenvalue weighted by atomic mass is 127. The van der Waals surface area contributed by atoms with Crippen molar-refractivity contribution in [1.82, 2.24) is 0 Å². The SMILES string of the molecule is O=Cc1cc(I)cc(I)c1OCc1ccc(Cl)cc1. The third kappa shape index (κ3) is 4.06. The number of carbonyl (C=O) groups excluding carboxylic acids is 1. The Labute approximate surface area is 143 Å². The van der Waals surface area contributed by atoms with Crippen LogP contribution in [0, 0.1) is 7.14 Å². The van der Waals surface area contributed by atoms with Crippen molar-refractivity contribution in [3.05, 3.63) is 59.7 Å². The highest BCUT2D eigenvalue weighted by molar-refractivity contribution is 14.1. The molecule has 0 aliphatic heterocycles. The van der Waals surface area contributed by atoms with Crippen molar-refractivity contribution in [3.63, 3.8) is 0 Å². The Morgan fingerprint density at radius 3 is 2.47 bits per heavy atom. The van der Waals surface area contributed by atoms with E-state index in [0.29, 0.717) is 22.9 Å². The van der Waals surface area contributed by atoms with E-state index in [9.17, 15) is 4.79 Å². The van der Waals surface area contributed by atoms with Gasteiger partial charge in [0, 0.05) is 8.59 Å². The summed E-state index contributed by atoms with van der Waals surface area (Å²) in [6, 6.07) is 11.2. The van der Waals surface area contributed by atoms with Gasteiger partial charge in [-0.15, -0.1) is 0 Å². The summed E-state index contributed by atoms with van der Waals surface area (Å²) in [6.45, 7) is 0.411. The first kappa shape index (κ1) is 15.1. The average molecular weight is 498 g/mol. The van der Waals surface area contributed by atoms with Gasteiger partial charge in [-0.25, -0.2) is 0 Å². The molecule has 2 aromatic carbocycles. The first-order chi connectivity index (χ1) is 9.10. The Kier molecular flexibility index (Phi) is 5.47. The molecule has 2 nitrogen and oxygen atoms in total. The molecule has 0 saturated heterocycles. The van der Waals surface area contributed by atoms with Crippen molar-refractivity contribution < 1.29 is 9.53 Å². The van der Waals surface area contributed by atoms with Gasteiger partial charge in [-0.1, -0.05) is 23.7 Å². The zero-order valence-electron chi connectivity index (χ0n) is 9.70. The molecule has 0 amide bonds. The minimum atomic E-state index is 0.411. The molecule has 98 valence electrons. The second-order valence-electron chi connectivity index (χ2n) is 3.84. The Morgan fingerprint density at radius 2 is 1.84 bits per heavy atom. The van der Waals surface area contributed by atoms with Gasteiger partial charge in [-0.3, -0.25) is 4.79 Å². The van der Waals surface area contributed by atoms with Crippen LogP contribution in [-0.2, 0) is 6.61 Å². The zero-order chi connectivity index (χ0) is 13.8. The van der Waals surface area contributed by atoms with E-state index in [1.165, 1.54) is 0 Å². The summed E-state index contributed by atoms with van der Waals surface area (Å²) in [7, 11) is 0. The molecule has 0 heterocycles. The molecule has 0 aromatic heterocycles. The summed E-state index contributed by atoms with van der Waals surface area (Å²) in [5.41, 5.74) is 1.58. The Hall–Kier alpha value is -0.340. The molecule has 5 heteroatoms. The first-order valence-electron chi connectivity index (χ1n) is 5.41. The second kappa shape index (κ2) is 6.90. The molecule has 0 N–H and O–H groups in total. The maximum Gasteiger partial charge on any atom is 0.153 e. The molecule has 2 rings (SSSR count). The molecule has 0 atom stereocenters. The molecule has 0 aliphatic carbocycles. The van der Waals surface area contributed by atoms with Gasteiger partial charge in [-0.05, 0) is 75.0 Å². The van der Waals surface area contributed by atoms with Crippen molar-refractivity contribution in [1.29, 1.82) is 0 Å². The number of hydrogen-bond donors (Lipinski definition) is 0. The summed E-state index contributed by atoms with van der Waals surface area (Å²) in [5, 5.41) is 0.696. The van der Waals surface area contributed by atoms with Gasteiger partial charge in [0.05, 0.1) is 9.13 Å². The van der Waals surface area contributed by atoms with Crippen molar-refractivity contribution in [2.45, 2.75) is 6.61 Å². The molecule has 0 radical (unpaired) electrons. The maximum absolute atomic E-state index is 11.1. The topological polar surface area (TPSA) is 26.3 Å². The standard InChI is InChI=1S/C14H9ClI2O2/c15-11-3-1-9(2-4-11)8-19-14-10(7-18)5-12(16)6-13(14)17/h1-7H,8H2. The van der Waals surface area contributed by atoms with E-state index in [4.69, 9.17) is 16.3 Å². The minimum absolute atomic E-state index is 0.411. The van der Waals surface area contributed by atoms with Gasteiger partial charge in [0.2, 0.25) is 0 Å². The van der Waals surface area contributed by atoms with E-state index in [0.717, 1.165) is 19.0 Å². The lowest BCUT2D eigenvalue weighted by Crippen LogP contribution is -2.01. The normalized spacial score (nSPS) is 10.3. The molecular weight excluding hydrogens is 489 g/mol. The van der Waals surface area contributed by atoms with Crippen LogP contribution in [0.1, 0.15) is 15.9 Å². The fourth-order valence-electron chi connectivity index (χ4n) is 1.56. The van der Waals surface area contributed by atoms with Gasteiger partial charge >= 0.3 is 0 Å². The zero-order valence-corrected chi connectivity index (χ0v) is 14.8. The molecule has 19 heavy (non-hydrogen) atoms. The minimum Gasteiger partial charge on any atom is -0.487 e. The van der Waals surface area contributed by atoms with Crippen molar-refractivity contribution in [2.24, 2.45) is 0 Å². The number of carbonyl (C=O) groups is 1. The Bertz CT molecular complexity index is 597. The summed E-state index contributed by atoms with van der Waals surface area (Å²) < 4.78 is 7.70. The van der Waals surface area contributed by atoms with E-state index in [1.807, 2.05) is 36.4 Å². The number of aldehydes is 1. The summed E-state index contributed by atoms with van der Waals surface area (Å²) >= 11 is 10.2. The quantitative estimate of drug-likeness (QED) is 0.441. The van der Waals surface area contributed by atoms with Crippen LogP contribution in [0.15, 0.2) is 36.4 Å². The van der Waals surface area contributed by atoms with E-state index in [-0.39, 0.29) is 0 Å². The van der Waals surface area contributed by atoms with Crippen LogP contribution in [0.4, 0.5) is 0 Å². The molecule has 0 saturated carbocycles. The fraction of sp³-hybridized carbons (Fsp3) is 0.0714. The summed E-state index contributed by atoms with van der Waals surface area (Å²) in [5.74, 6) is 0.631. The van der Waals surface area contributed by atoms with Crippen LogP contribution in [0.3, 0.4) is 0 Å². The number of rotatable bonds is 4. The van der Waals surface area contributed by atoms with Gasteiger partial charge in [0.25, 0.3) is 0 Å². The molecule has 0 spiro atoms. The van der Waals surface area contributed by atoms with Crippen molar-refractivity contribution in [3.8, 4) is 5.75 Å². The first-order valence-corrected chi connectivity index (χ1v) is 7.95. The second-order valence-corrected chi connectivity index (χ2v) is 6.68. The van der Waals surface area contributed by atoms with Crippen molar-refractivity contribution >= 4 is 63.1 Å². The van der Waals surface area contributed by atoms with Gasteiger partial charge < -0.3 is 4.74 Å². The lowest BCUT2D eigenvalue weighted by molar-refractivity contribution is 0.111. The van der Waals surface area contributed by atoms with Crippen LogP contribution in [0.25, 0.3) is 0 Å².